The second kappa shape index (κ2) is 4.85. The molecule has 16 heavy (non-hydrogen) atoms. The fraction of sp³-hybridized carbons (Fsp3) is 1.00. The number of rotatable bonds is 5. The fourth-order valence-corrected chi connectivity index (χ4v) is 0.898. The van der Waals surface area contributed by atoms with Gasteiger partial charge in [-0.2, -0.15) is 35.1 Å². The molecule has 0 aliphatic rings. The molecule has 1 nitrogen and oxygen atoms in total. The lowest BCUT2D eigenvalue weighted by molar-refractivity contribution is -0.382. The number of ether oxygens (including phenoxy) is 1. The summed E-state index contributed by atoms with van der Waals surface area (Å²) in [6.07, 6.45) is -5.69. The van der Waals surface area contributed by atoms with Gasteiger partial charge in [0, 0.05) is 45.2 Å². The lowest BCUT2D eigenvalue weighted by atomic mass is 10.3. The van der Waals surface area contributed by atoms with Gasteiger partial charge in [0.05, 0.1) is 0 Å². The molecule has 0 spiro atoms. The zero-order valence-electron chi connectivity index (χ0n) is 6.89. The summed E-state index contributed by atoms with van der Waals surface area (Å²) in [5, 5.41) is 0. The van der Waals surface area contributed by atoms with Gasteiger partial charge in [0.25, 0.3) is 0 Å². The van der Waals surface area contributed by atoms with Crippen LogP contribution in [0, 0.1) is 0 Å². The third kappa shape index (κ3) is 4.27. The molecule has 0 aromatic heterocycles. The normalized spacial score (nSPS) is 15.4. The van der Waals surface area contributed by atoms with Crippen LogP contribution in [-0.2, 0) is 4.74 Å². The van der Waals surface area contributed by atoms with Gasteiger partial charge in [0.2, 0.25) is 0 Å². The first-order chi connectivity index (χ1) is 6.71. The molecule has 0 aromatic rings. The van der Waals surface area contributed by atoms with Gasteiger partial charge in [0.15, 0.2) is 0 Å². The van der Waals surface area contributed by atoms with Crippen molar-refractivity contribution in [2.45, 2.75) is 19.9 Å². The van der Waals surface area contributed by atoms with E-state index >= 15 is 0 Å². The van der Waals surface area contributed by atoms with E-state index in [1.165, 1.54) is 0 Å². The average Bonchev–Trinajstić information content (AvgIpc) is 1.97. The predicted octanol–water partition coefficient (Wildman–Crippen LogP) is 4.29. The molecule has 0 bridgehead atoms. The van der Waals surface area contributed by atoms with Crippen molar-refractivity contribution in [1.82, 2.24) is 0 Å². The topological polar surface area (TPSA) is 9.23 Å². The quantitative estimate of drug-likeness (QED) is 0.322. The Hall–Kier alpha value is 0.860. The molecule has 0 aliphatic heterocycles. The molecule has 0 radical (unpaired) electrons. The Morgan fingerprint density at radius 1 is 0.812 bits per heavy atom. The van der Waals surface area contributed by atoms with Gasteiger partial charge in [-0.25, -0.2) is 0 Å². The number of alkyl halides is 10. The number of hydrogen-bond donors (Lipinski definition) is 0. The third-order valence-corrected chi connectivity index (χ3v) is 2.13. The molecular weight excluding hydrogens is 482 g/mol. The van der Waals surface area contributed by atoms with Crippen LogP contribution in [0.25, 0.3) is 0 Å². The summed E-state index contributed by atoms with van der Waals surface area (Å²) in [5.41, 5.74) is 0. The standard InChI is InChI=1S/C5H2F8I2O/c6-2(7,14)1-16-5(12,13)3(8,9)4(10,11)15/h1H2. The van der Waals surface area contributed by atoms with Crippen LogP contribution in [0.1, 0.15) is 0 Å². The Morgan fingerprint density at radius 3 is 1.44 bits per heavy atom. The largest absolute Gasteiger partial charge is 0.426 e. The van der Waals surface area contributed by atoms with Crippen molar-refractivity contribution < 1.29 is 39.9 Å². The molecule has 0 unspecified atom stereocenters. The Bertz CT molecular complexity index is 244. The van der Waals surface area contributed by atoms with E-state index in [1.807, 2.05) is 0 Å². The molecule has 11 heteroatoms. The lowest BCUT2D eigenvalue weighted by Gasteiger charge is -2.29. The van der Waals surface area contributed by atoms with E-state index in [9.17, 15) is 35.1 Å². The van der Waals surface area contributed by atoms with Crippen molar-refractivity contribution in [1.29, 1.82) is 0 Å². The van der Waals surface area contributed by atoms with Crippen LogP contribution in [0.2, 0.25) is 0 Å². The Balaban J connectivity index is 4.79. The van der Waals surface area contributed by atoms with Gasteiger partial charge in [0.1, 0.15) is 6.61 Å². The molecule has 98 valence electrons. The van der Waals surface area contributed by atoms with Gasteiger partial charge in [-0.05, 0) is 0 Å². The van der Waals surface area contributed by atoms with E-state index in [0.717, 1.165) is 0 Å². The Labute approximate surface area is 111 Å². The van der Waals surface area contributed by atoms with Crippen LogP contribution in [0.15, 0.2) is 0 Å². The van der Waals surface area contributed by atoms with Crippen LogP contribution >= 0.6 is 45.2 Å². The highest BCUT2D eigenvalue weighted by atomic mass is 127. The summed E-state index contributed by atoms with van der Waals surface area (Å²) in [6, 6.07) is 0. The van der Waals surface area contributed by atoms with Crippen molar-refractivity contribution in [3.05, 3.63) is 0 Å². The van der Waals surface area contributed by atoms with E-state index < -0.39 is 26.5 Å². The summed E-state index contributed by atoms with van der Waals surface area (Å²) in [4.78, 5) is 0. The van der Waals surface area contributed by atoms with Crippen LogP contribution in [0.5, 0.6) is 0 Å². The van der Waals surface area contributed by atoms with Crippen LogP contribution in [0.4, 0.5) is 35.1 Å². The average molecular weight is 484 g/mol. The highest BCUT2D eigenvalue weighted by Crippen LogP contribution is 2.50. The van der Waals surface area contributed by atoms with Crippen LogP contribution in [0.3, 0.4) is 0 Å². The Morgan fingerprint density at radius 2 is 1.19 bits per heavy atom. The molecule has 0 saturated carbocycles. The summed E-state index contributed by atoms with van der Waals surface area (Å²) in [7, 11) is 0. The first kappa shape index (κ1) is 16.9. The highest BCUT2D eigenvalue weighted by Gasteiger charge is 2.72. The SMILES string of the molecule is FC(F)(I)COC(F)(F)C(F)(F)C(F)(F)I. The molecule has 0 N–H and O–H groups in total. The second-order valence-electron chi connectivity index (χ2n) is 2.49. The van der Waals surface area contributed by atoms with Crippen molar-refractivity contribution in [3.8, 4) is 0 Å². The summed E-state index contributed by atoms with van der Waals surface area (Å²) in [6.45, 7) is -2.11. The molecule has 0 amide bonds. The van der Waals surface area contributed by atoms with E-state index in [1.54, 1.807) is 0 Å². The van der Waals surface area contributed by atoms with Crippen molar-refractivity contribution in [2.75, 3.05) is 6.61 Å². The maximum Gasteiger partial charge on any atom is 0.426 e. The van der Waals surface area contributed by atoms with E-state index in [4.69, 9.17) is 0 Å². The molecule has 0 saturated heterocycles. The second-order valence-corrected chi connectivity index (χ2v) is 5.43. The smallest absolute Gasteiger partial charge is 0.308 e. The Kier molecular flexibility index (Phi) is 5.12. The highest BCUT2D eigenvalue weighted by molar-refractivity contribution is 14.1. The summed E-state index contributed by atoms with van der Waals surface area (Å²) in [5.74, 6) is -5.89. The number of hydrogen-bond acceptors (Lipinski definition) is 1. The first-order valence-electron chi connectivity index (χ1n) is 3.24. The van der Waals surface area contributed by atoms with E-state index in [-0.39, 0.29) is 22.6 Å². The molecule has 0 aliphatic carbocycles. The zero-order chi connectivity index (χ0) is 13.4. The minimum Gasteiger partial charge on any atom is -0.308 e. The fourth-order valence-electron chi connectivity index (χ4n) is 0.428. The van der Waals surface area contributed by atoms with Crippen LogP contribution in [-0.4, -0.2) is 26.5 Å². The third-order valence-electron chi connectivity index (χ3n) is 1.14. The zero-order valence-corrected chi connectivity index (χ0v) is 11.2. The minimum absolute atomic E-state index is 0.227. The van der Waals surface area contributed by atoms with E-state index in [0.29, 0.717) is 22.6 Å². The minimum atomic E-state index is -5.89. The molecular formula is C5H2F8I2O. The predicted molar refractivity (Wildman–Crippen MR) is 53.8 cm³/mol. The van der Waals surface area contributed by atoms with Gasteiger partial charge in [-0.1, -0.05) is 0 Å². The van der Waals surface area contributed by atoms with Gasteiger partial charge >= 0.3 is 19.9 Å². The summed E-state index contributed by atoms with van der Waals surface area (Å²) >= 11 is 0.112. The summed E-state index contributed by atoms with van der Waals surface area (Å²) < 4.78 is 91.8. The van der Waals surface area contributed by atoms with Gasteiger partial charge in [-0.3, -0.25) is 0 Å². The monoisotopic (exact) mass is 484 g/mol. The number of halogens is 10. The molecule has 0 aromatic carbocycles. The molecule has 0 fully saturated rings. The molecule has 0 rings (SSSR count). The maximum absolute atomic E-state index is 12.4. The first-order valence-corrected chi connectivity index (χ1v) is 5.39. The van der Waals surface area contributed by atoms with Crippen LogP contribution < -0.4 is 0 Å². The van der Waals surface area contributed by atoms with Crippen molar-refractivity contribution in [3.63, 3.8) is 0 Å². The van der Waals surface area contributed by atoms with E-state index in [2.05, 4.69) is 4.74 Å². The lowest BCUT2D eigenvalue weighted by Crippen LogP contribution is -2.53. The van der Waals surface area contributed by atoms with Crippen molar-refractivity contribution >= 4 is 45.2 Å². The van der Waals surface area contributed by atoms with Gasteiger partial charge < -0.3 is 4.74 Å². The molecule has 0 atom stereocenters. The van der Waals surface area contributed by atoms with Gasteiger partial charge in [-0.15, -0.1) is 0 Å². The maximum atomic E-state index is 12.4. The molecule has 0 heterocycles. The van der Waals surface area contributed by atoms with Crippen molar-refractivity contribution in [2.24, 2.45) is 0 Å².